The smallest absolute Gasteiger partial charge is 0.416 e. The number of rotatable bonds is 3. The lowest BCUT2D eigenvalue weighted by molar-refractivity contribution is -0.137. The summed E-state index contributed by atoms with van der Waals surface area (Å²) >= 11 is 0. The van der Waals surface area contributed by atoms with E-state index in [1.54, 1.807) is 0 Å². The SMILES string of the molecule is O=C(OC[C@@H]1CCCO1)c1cccc(C(F)(F)F)c1. The van der Waals surface area contributed by atoms with Crippen molar-refractivity contribution < 1.29 is 27.4 Å². The van der Waals surface area contributed by atoms with Crippen LogP contribution in [0.1, 0.15) is 28.8 Å². The minimum absolute atomic E-state index is 0.0785. The van der Waals surface area contributed by atoms with Gasteiger partial charge in [0.05, 0.1) is 17.2 Å². The number of esters is 1. The zero-order chi connectivity index (χ0) is 13.9. The van der Waals surface area contributed by atoms with Crippen molar-refractivity contribution in [2.45, 2.75) is 25.1 Å². The van der Waals surface area contributed by atoms with Gasteiger partial charge in [0.2, 0.25) is 0 Å². The van der Waals surface area contributed by atoms with Gasteiger partial charge in [-0.1, -0.05) is 6.07 Å². The summed E-state index contributed by atoms with van der Waals surface area (Å²) in [5, 5.41) is 0. The molecule has 0 saturated carbocycles. The Hall–Kier alpha value is -1.56. The highest BCUT2D eigenvalue weighted by molar-refractivity contribution is 5.89. The minimum atomic E-state index is -4.47. The largest absolute Gasteiger partial charge is 0.459 e. The van der Waals surface area contributed by atoms with Crippen molar-refractivity contribution in [3.05, 3.63) is 35.4 Å². The normalized spacial score (nSPS) is 19.4. The second-order valence-electron chi connectivity index (χ2n) is 4.31. The summed E-state index contributed by atoms with van der Waals surface area (Å²) in [7, 11) is 0. The third-order valence-electron chi connectivity index (χ3n) is 2.85. The van der Waals surface area contributed by atoms with Crippen LogP contribution in [0.4, 0.5) is 13.2 Å². The second-order valence-corrected chi connectivity index (χ2v) is 4.31. The van der Waals surface area contributed by atoms with Gasteiger partial charge in [-0.15, -0.1) is 0 Å². The molecule has 0 spiro atoms. The van der Waals surface area contributed by atoms with Gasteiger partial charge >= 0.3 is 12.1 Å². The van der Waals surface area contributed by atoms with Crippen LogP contribution in [0.15, 0.2) is 24.3 Å². The van der Waals surface area contributed by atoms with Gasteiger partial charge in [-0.05, 0) is 31.0 Å². The van der Waals surface area contributed by atoms with E-state index in [9.17, 15) is 18.0 Å². The van der Waals surface area contributed by atoms with E-state index in [0.717, 1.165) is 25.0 Å². The van der Waals surface area contributed by atoms with Crippen LogP contribution in [0.2, 0.25) is 0 Å². The van der Waals surface area contributed by atoms with E-state index in [1.807, 2.05) is 0 Å². The Morgan fingerprint density at radius 3 is 2.84 bits per heavy atom. The molecular weight excluding hydrogens is 261 g/mol. The highest BCUT2D eigenvalue weighted by Gasteiger charge is 2.31. The van der Waals surface area contributed by atoms with E-state index in [-0.39, 0.29) is 18.3 Å². The monoisotopic (exact) mass is 274 g/mol. The third kappa shape index (κ3) is 3.70. The van der Waals surface area contributed by atoms with Gasteiger partial charge in [0, 0.05) is 6.61 Å². The highest BCUT2D eigenvalue weighted by Crippen LogP contribution is 2.29. The van der Waals surface area contributed by atoms with Gasteiger partial charge in [0.15, 0.2) is 0 Å². The van der Waals surface area contributed by atoms with Crippen molar-refractivity contribution in [3.8, 4) is 0 Å². The molecule has 19 heavy (non-hydrogen) atoms. The summed E-state index contributed by atoms with van der Waals surface area (Å²) in [6, 6.07) is 4.19. The molecule has 0 radical (unpaired) electrons. The van der Waals surface area contributed by atoms with Crippen molar-refractivity contribution in [1.82, 2.24) is 0 Å². The number of benzene rings is 1. The number of hydrogen-bond donors (Lipinski definition) is 0. The molecule has 2 rings (SSSR count). The molecular formula is C13H13F3O3. The number of carbonyl (C=O) groups is 1. The fourth-order valence-electron chi connectivity index (χ4n) is 1.85. The molecule has 6 heteroatoms. The van der Waals surface area contributed by atoms with Crippen molar-refractivity contribution in [3.63, 3.8) is 0 Å². The standard InChI is InChI=1S/C13H13F3O3/c14-13(15,16)10-4-1-3-9(7-10)12(17)19-8-11-5-2-6-18-11/h1,3-4,7,11H,2,5-6,8H2/t11-/m0/s1. The first-order chi connectivity index (χ1) is 8.97. The molecule has 1 fully saturated rings. The van der Waals surface area contributed by atoms with Crippen LogP contribution in [0.5, 0.6) is 0 Å². The number of hydrogen-bond acceptors (Lipinski definition) is 3. The van der Waals surface area contributed by atoms with E-state index in [0.29, 0.717) is 6.61 Å². The van der Waals surface area contributed by atoms with Crippen LogP contribution in [0, 0.1) is 0 Å². The minimum Gasteiger partial charge on any atom is -0.459 e. The Morgan fingerprint density at radius 1 is 1.42 bits per heavy atom. The van der Waals surface area contributed by atoms with Gasteiger partial charge in [-0.3, -0.25) is 0 Å². The van der Waals surface area contributed by atoms with E-state index in [4.69, 9.17) is 9.47 Å². The van der Waals surface area contributed by atoms with Gasteiger partial charge in [-0.25, -0.2) is 4.79 Å². The molecule has 1 aromatic rings. The molecule has 104 valence electrons. The topological polar surface area (TPSA) is 35.5 Å². The van der Waals surface area contributed by atoms with Crippen LogP contribution in [0.25, 0.3) is 0 Å². The van der Waals surface area contributed by atoms with Gasteiger partial charge in [0.1, 0.15) is 6.61 Å². The molecule has 0 amide bonds. The first kappa shape index (κ1) is 13.9. The second kappa shape index (κ2) is 5.61. The first-order valence-corrected chi connectivity index (χ1v) is 5.93. The molecule has 1 atom stereocenters. The number of halogens is 3. The zero-order valence-corrected chi connectivity index (χ0v) is 10.1. The van der Waals surface area contributed by atoms with Crippen molar-refractivity contribution in [1.29, 1.82) is 0 Å². The maximum absolute atomic E-state index is 12.5. The molecule has 3 nitrogen and oxygen atoms in total. The maximum atomic E-state index is 12.5. The van der Waals surface area contributed by atoms with Gasteiger partial charge in [-0.2, -0.15) is 13.2 Å². The summed E-state index contributed by atoms with van der Waals surface area (Å²) in [5.74, 6) is -0.762. The van der Waals surface area contributed by atoms with Crippen LogP contribution < -0.4 is 0 Å². The number of carbonyl (C=O) groups excluding carboxylic acids is 1. The zero-order valence-electron chi connectivity index (χ0n) is 10.1. The molecule has 1 heterocycles. The van der Waals surface area contributed by atoms with Crippen molar-refractivity contribution >= 4 is 5.97 Å². The first-order valence-electron chi connectivity index (χ1n) is 5.93. The summed E-state index contributed by atoms with van der Waals surface area (Å²) in [6.45, 7) is 0.709. The van der Waals surface area contributed by atoms with Crippen molar-refractivity contribution in [2.24, 2.45) is 0 Å². The molecule has 0 unspecified atom stereocenters. The van der Waals surface area contributed by atoms with Crippen LogP contribution in [-0.4, -0.2) is 25.3 Å². The number of ether oxygens (including phenoxy) is 2. The van der Waals surface area contributed by atoms with Crippen molar-refractivity contribution in [2.75, 3.05) is 13.2 Å². The maximum Gasteiger partial charge on any atom is 0.416 e. The summed E-state index contributed by atoms with van der Waals surface area (Å²) in [5.41, 5.74) is -0.966. The van der Waals surface area contributed by atoms with Gasteiger partial charge in [0.25, 0.3) is 0 Å². The Labute approximate surface area is 108 Å². The quantitative estimate of drug-likeness (QED) is 0.795. The van der Waals surface area contributed by atoms with E-state index in [2.05, 4.69) is 0 Å². The Balaban J connectivity index is 1.98. The van der Waals surface area contributed by atoms with Crippen LogP contribution in [0.3, 0.4) is 0 Å². The predicted octanol–water partition coefficient (Wildman–Crippen LogP) is 3.04. The predicted molar refractivity (Wildman–Crippen MR) is 60.7 cm³/mol. The highest BCUT2D eigenvalue weighted by atomic mass is 19.4. The van der Waals surface area contributed by atoms with E-state index < -0.39 is 17.7 Å². The molecule has 0 bridgehead atoms. The summed E-state index contributed by atoms with van der Waals surface area (Å²) in [4.78, 5) is 11.6. The average Bonchev–Trinajstić information content (AvgIpc) is 2.88. The lowest BCUT2D eigenvalue weighted by Gasteiger charge is -2.11. The molecule has 0 aromatic heterocycles. The lowest BCUT2D eigenvalue weighted by atomic mass is 10.1. The molecule has 1 saturated heterocycles. The Morgan fingerprint density at radius 2 is 2.21 bits per heavy atom. The van der Waals surface area contributed by atoms with Crippen LogP contribution in [-0.2, 0) is 15.7 Å². The Kier molecular flexibility index (Phi) is 4.09. The molecule has 1 aliphatic heterocycles. The molecule has 0 aliphatic carbocycles. The molecule has 1 aromatic carbocycles. The average molecular weight is 274 g/mol. The fourth-order valence-corrected chi connectivity index (χ4v) is 1.85. The number of alkyl halides is 3. The third-order valence-corrected chi connectivity index (χ3v) is 2.85. The molecule has 0 N–H and O–H groups in total. The van der Waals surface area contributed by atoms with E-state index in [1.165, 1.54) is 12.1 Å². The van der Waals surface area contributed by atoms with E-state index >= 15 is 0 Å². The lowest BCUT2D eigenvalue weighted by Crippen LogP contribution is -2.18. The fraction of sp³-hybridized carbons (Fsp3) is 0.462. The summed E-state index contributed by atoms with van der Waals surface area (Å²) in [6.07, 6.45) is -2.90. The van der Waals surface area contributed by atoms with Gasteiger partial charge < -0.3 is 9.47 Å². The van der Waals surface area contributed by atoms with Crippen LogP contribution >= 0.6 is 0 Å². The summed E-state index contributed by atoms with van der Waals surface area (Å²) < 4.78 is 47.7. The molecule has 1 aliphatic rings. The Bertz CT molecular complexity index is 451.